The fraction of sp³-hybridized carbons (Fsp3) is 0.316. The Balaban J connectivity index is 1.41. The summed E-state index contributed by atoms with van der Waals surface area (Å²) >= 11 is 1.46. The molecule has 6 nitrogen and oxygen atoms in total. The molecule has 0 atom stereocenters. The van der Waals surface area contributed by atoms with E-state index in [2.05, 4.69) is 4.98 Å². The van der Waals surface area contributed by atoms with E-state index >= 15 is 0 Å². The molecule has 4 rings (SSSR count). The Kier molecular flexibility index (Phi) is 5.22. The van der Waals surface area contributed by atoms with Gasteiger partial charge in [-0.1, -0.05) is 11.3 Å². The van der Waals surface area contributed by atoms with Gasteiger partial charge in [-0.15, -0.1) is 0 Å². The monoisotopic (exact) mass is 422 g/mol. The van der Waals surface area contributed by atoms with Gasteiger partial charge in [0.2, 0.25) is 10.0 Å². The van der Waals surface area contributed by atoms with E-state index in [1.807, 2.05) is 18.2 Å². The highest BCUT2D eigenvalue weighted by atomic mass is 32.2. The van der Waals surface area contributed by atoms with E-state index in [0.717, 1.165) is 28.1 Å². The summed E-state index contributed by atoms with van der Waals surface area (Å²) in [6, 6.07) is 10.6. The lowest BCUT2D eigenvalue weighted by atomic mass is 10.1. The topological polar surface area (TPSA) is 68.7 Å². The second kappa shape index (κ2) is 7.65. The third-order valence-corrected chi connectivity index (χ3v) is 7.54. The van der Waals surface area contributed by atoms with Crippen LogP contribution < -0.4 is 9.47 Å². The molecule has 0 bridgehead atoms. The van der Waals surface area contributed by atoms with Gasteiger partial charge in [-0.25, -0.2) is 17.8 Å². The highest BCUT2D eigenvalue weighted by Crippen LogP contribution is 2.32. The lowest BCUT2D eigenvalue weighted by molar-refractivity contribution is 0.135. The molecule has 1 fully saturated rings. The maximum absolute atomic E-state index is 13.1. The number of benzene rings is 2. The lowest BCUT2D eigenvalue weighted by Crippen LogP contribution is -2.41. The summed E-state index contributed by atoms with van der Waals surface area (Å²) < 4.78 is 52.0. The predicted octanol–water partition coefficient (Wildman–Crippen LogP) is 3.68. The number of hydrogen-bond acceptors (Lipinski definition) is 6. The van der Waals surface area contributed by atoms with Crippen molar-refractivity contribution in [2.24, 2.45) is 0 Å². The minimum Gasteiger partial charge on any atom is -0.497 e. The van der Waals surface area contributed by atoms with Gasteiger partial charge in [0.1, 0.15) is 17.7 Å². The Bertz CT molecular complexity index is 1080. The third-order valence-electron chi connectivity index (χ3n) is 4.69. The summed E-state index contributed by atoms with van der Waals surface area (Å²) in [5.74, 6) is 0.281. The van der Waals surface area contributed by atoms with Crippen molar-refractivity contribution in [2.75, 3.05) is 20.2 Å². The number of sulfonamides is 1. The second-order valence-electron chi connectivity index (χ2n) is 6.49. The standard InChI is InChI=1S/C19H19FN2O4S2/c1-25-15-4-7-18-17(12-15)21-19(27-18)26-14-8-10-22(11-9-14)28(23,24)16-5-2-13(20)3-6-16/h2-7,12,14H,8-11H2,1H3. The molecule has 2 aromatic carbocycles. The van der Waals surface area contributed by atoms with Gasteiger partial charge < -0.3 is 9.47 Å². The van der Waals surface area contributed by atoms with Gasteiger partial charge in [-0.05, 0) is 49.2 Å². The number of halogens is 1. The summed E-state index contributed by atoms with van der Waals surface area (Å²) in [6.45, 7) is 0.701. The molecule has 0 aliphatic carbocycles. The maximum atomic E-state index is 13.1. The van der Waals surface area contributed by atoms with Crippen molar-refractivity contribution >= 4 is 31.6 Å². The number of ether oxygens (including phenoxy) is 2. The van der Waals surface area contributed by atoms with Crippen LogP contribution in [0.2, 0.25) is 0 Å². The van der Waals surface area contributed by atoms with Crippen molar-refractivity contribution in [3.05, 3.63) is 48.3 Å². The normalized spacial score (nSPS) is 16.4. The van der Waals surface area contributed by atoms with Crippen LogP contribution in [0.3, 0.4) is 0 Å². The first-order valence-corrected chi connectivity index (χ1v) is 11.1. The molecule has 1 aliphatic rings. The van der Waals surface area contributed by atoms with Crippen LogP contribution in [0.5, 0.6) is 10.9 Å². The molecule has 9 heteroatoms. The number of piperidine rings is 1. The minimum atomic E-state index is -3.62. The first-order valence-electron chi connectivity index (χ1n) is 8.83. The molecule has 0 spiro atoms. The van der Waals surface area contributed by atoms with Crippen LogP contribution in [0.4, 0.5) is 4.39 Å². The van der Waals surface area contributed by atoms with Gasteiger partial charge in [0.05, 0.1) is 22.2 Å². The number of thiazole rings is 1. The highest BCUT2D eigenvalue weighted by molar-refractivity contribution is 7.89. The van der Waals surface area contributed by atoms with Crippen molar-refractivity contribution in [1.82, 2.24) is 9.29 Å². The van der Waals surface area contributed by atoms with Crippen LogP contribution in [-0.2, 0) is 10.0 Å². The lowest BCUT2D eigenvalue weighted by Gasteiger charge is -2.30. The van der Waals surface area contributed by atoms with E-state index in [1.165, 1.54) is 27.8 Å². The zero-order chi connectivity index (χ0) is 19.7. The number of nitrogens with zero attached hydrogens (tertiary/aromatic N) is 2. The molecule has 2 heterocycles. The number of fused-ring (bicyclic) bond motifs is 1. The predicted molar refractivity (Wildman–Crippen MR) is 105 cm³/mol. The highest BCUT2D eigenvalue weighted by Gasteiger charge is 2.30. The number of hydrogen-bond donors (Lipinski definition) is 0. The summed E-state index contributed by atoms with van der Waals surface area (Å²) in [4.78, 5) is 4.59. The van der Waals surface area contributed by atoms with Crippen LogP contribution in [0.25, 0.3) is 10.2 Å². The van der Waals surface area contributed by atoms with Gasteiger partial charge in [-0.2, -0.15) is 4.31 Å². The molecule has 148 valence electrons. The summed E-state index contributed by atoms with van der Waals surface area (Å²) in [5, 5.41) is 0.572. The zero-order valence-electron chi connectivity index (χ0n) is 15.2. The maximum Gasteiger partial charge on any atom is 0.274 e. The first-order chi connectivity index (χ1) is 13.5. The van der Waals surface area contributed by atoms with Crippen LogP contribution in [0.1, 0.15) is 12.8 Å². The number of aromatic nitrogens is 1. The van der Waals surface area contributed by atoms with E-state index in [9.17, 15) is 12.8 Å². The van der Waals surface area contributed by atoms with E-state index in [4.69, 9.17) is 9.47 Å². The Morgan fingerprint density at radius 1 is 1.14 bits per heavy atom. The molecule has 1 aliphatic heterocycles. The fourth-order valence-electron chi connectivity index (χ4n) is 3.15. The van der Waals surface area contributed by atoms with Gasteiger partial charge in [0, 0.05) is 19.2 Å². The SMILES string of the molecule is COc1ccc2sc(OC3CCN(S(=O)(=O)c4ccc(F)cc4)CC3)nc2c1. The van der Waals surface area contributed by atoms with Crippen molar-refractivity contribution in [3.8, 4) is 10.9 Å². The Morgan fingerprint density at radius 3 is 2.54 bits per heavy atom. The van der Waals surface area contributed by atoms with Crippen molar-refractivity contribution < 1.29 is 22.3 Å². The molecule has 3 aromatic rings. The molecule has 1 saturated heterocycles. The van der Waals surface area contributed by atoms with Gasteiger partial charge in [-0.3, -0.25) is 0 Å². The van der Waals surface area contributed by atoms with E-state index in [1.54, 1.807) is 7.11 Å². The molecule has 0 amide bonds. The number of rotatable bonds is 5. The molecule has 0 unspecified atom stereocenters. The quantitative estimate of drug-likeness (QED) is 0.628. The molecule has 0 saturated carbocycles. The Labute approximate surface area is 166 Å². The molecule has 28 heavy (non-hydrogen) atoms. The first kappa shape index (κ1) is 19.1. The smallest absolute Gasteiger partial charge is 0.274 e. The van der Waals surface area contributed by atoms with Crippen LogP contribution in [0, 0.1) is 5.82 Å². The zero-order valence-corrected chi connectivity index (χ0v) is 16.8. The largest absolute Gasteiger partial charge is 0.497 e. The van der Waals surface area contributed by atoms with Crippen molar-refractivity contribution in [1.29, 1.82) is 0 Å². The van der Waals surface area contributed by atoms with E-state index in [0.29, 0.717) is 31.1 Å². The van der Waals surface area contributed by atoms with Crippen molar-refractivity contribution in [2.45, 2.75) is 23.8 Å². The van der Waals surface area contributed by atoms with Gasteiger partial charge >= 0.3 is 0 Å². The third kappa shape index (κ3) is 3.82. The number of methoxy groups -OCH3 is 1. The van der Waals surface area contributed by atoms with Crippen LogP contribution >= 0.6 is 11.3 Å². The van der Waals surface area contributed by atoms with Crippen molar-refractivity contribution in [3.63, 3.8) is 0 Å². The van der Waals surface area contributed by atoms with Crippen LogP contribution in [-0.4, -0.2) is 44.0 Å². The molecule has 1 aromatic heterocycles. The summed E-state index contributed by atoms with van der Waals surface area (Å²) in [7, 11) is -2.01. The summed E-state index contributed by atoms with van der Waals surface area (Å²) in [5.41, 5.74) is 0.815. The average molecular weight is 423 g/mol. The Hall–Kier alpha value is -2.23. The molecular formula is C19H19FN2O4S2. The summed E-state index contributed by atoms with van der Waals surface area (Å²) in [6.07, 6.45) is 1.04. The van der Waals surface area contributed by atoms with Gasteiger partial charge in [0.15, 0.2) is 0 Å². The average Bonchev–Trinajstić information content (AvgIpc) is 3.10. The Morgan fingerprint density at radius 2 is 1.86 bits per heavy atom. The second-order valence-corrected chi connectivity index (χ2v) is 9.42. The molecule has 0 radical (unpaired) electrons. The molecule has 0 N–H and O–H groups in total. The van der Waals surface area contributed by atoms with Crippen LogP contribution in [0.15, 0.2) is 47.4 Å². The van der Waals surface area contributed by atoms with E-state index < -0.39 is 15.8 Å². The minimum absolute atomic E-state index is 0.0953. The fourth-order valence-corrected chi connectivity index (χ4v) is 5.48. The molecular weight excluding hydrogens is 403 g/mol. The van der Waals surface area contributed by atoms with E-state index in [-0.39, 0.29) is 11.0 Å². The van der Waals surface area contributed by atoms with Gasteiger partial charge in [0.25, 0.3) is 5.19 Å².